The molecule has 0 aromatic carbocycles. The van der Waals surface area contributed by atoms with Crippen molar-refractivity contribution in [3.05, 3.63) is 24.0 Å². The van der Waals surface area contributed by atoms with Gasteiger partial charge in [0.1, 0.15) is 5.69 Å². The van der Waals surface area contributed by atoms with E-state index in [0.29, 0.717) is 11.7 Å². The highest BCUT2D eigenvalue weighted by Gasteiger charge is 2.13. The molecule has 1 heterocycles. The first-order chi connectivity index (χ1) is 9.65. The van der Waals surface area contributed by atoms with Crippen molar-refractivity contribution in [2.24, 2.45) is 0 Å². The van der Waals surface area contributed by atoms with Crippen LogP contribution in [0.4, 0.5) is 5.69 Å². The van der Waals surface area contributed by atoms with Crippen molar-refractivity contribution < 1.29 is 4.79 Å². The number of rotatable bonds is 4. The number of anilines is 1. The second kappa shape index (κ2) is 7.27. The van der Waals surface area contributed by atoms with Gasteiger partial charge in [0, 0.05) is 24.0 Å². The predicted molar refractivity (Wildman–Crippen MR) is 82.0 cm³/mol. The van der Waals surface area contributed by atoms with Crippen LogP contribution in [-0.2, 0) is 0 Å². The van der Waals surface area contributed by atoms with Gasteiger partial charge in [-0.05, 0) is 38.8 Å². The molecule has 1 amide bonds. The zero-order valence-electron chi connectivity index (χ0n) is 12.5. The number of hydrogen-bond donors (Lipinski definition) is 2. The van der Waals surface area contributed by atoms with Crippen LogP contribution < -0.4 is 10.6 Å². The second-order valence-corrected chi connectivity index (χ2v) is 5.89. The van der Waals surface area contributed by atoms with E-state index in [1.54, 1.807) is 6.20 Å². The Morgan fingerprint density at radius 1 is 1.25 bits per heavy atom. The normalized spacial score (nSPS) is 16.8. The molecule has 110 valence electrons. The molecule has 1 aromatic rings. The summed E-state index contributed by atoms with van der Waals surface area (Å²) in [6.45, 7) is 3.90. The molecule has 1 aromatic heterocycles. The van der Waals surface area contributed by atoms with Gasteiger partial charge in [-0.25, -0.2) is 0 Å². The molecule has 20 heavy (non-hydrogen) atoms. The van der Waals surface area contributed by atoms with Gasteiger partial charge in [-0.15, -0.1) is 0 Å². The molecular formula is C16H25N3O. The Morgan fingerprint density at radius 2 is 1.95 bits per heavy atom. The number of amides is 1. The quantitative estimate of drug-likeness (QED) is 0.828. The molecular weight excluding hydrogens is 250 g/mol. The van der Waals surface area contributed by atoms with E-state index in [9.17, 15) is 4.79 Å². The van der Waals surface area contributed by atoms with Gasteiger partial charge in [-0.1, -0.05) is 25.7 Å². The van der Waals surface area contributed by atoms with Crippen LogP contribution in [0.25, 0.3) is 0 Å². The molecule has 1 aliphatic rings. The smallest absolute Gasteiger partial charge is 0.270 e. The van der Waals surface area contributed by atoms with E-state index in [0.717, 1.165) is 5.69 Å². The van der Waals surface area contributed by atoms with Crippen molar-refractivity contribution in [2.75, 3.05) is 5.32 Å². The maximum Gasteiger partial charge on any atom is 0.270 e. The lowest BCUT2D eigenvalue weighted by molar-refractivity contribution is 0.0938. The lowest BCUT2D eigenvalue weighted by Gasteiger charge is -2.18. The van der Waals surface area contributed by atoms with Gasteiger partial charge in [0.25, 0.3) is 5.91 Å². The molecule has 0 aliphatic heterocycles. The van der Waals surface area contributed by atoms with E-state index < -0.39 is 0 Å². The molecule has 2 rings (SSSR count). The summed E-state index contributed by atoms with van der Waals surface area (Å²) < 4.78 is 0. The van der Waals surface area contributed by atoms with Crippen LogP contribution in [0.2, 0.25) is 0 Å². The maximum atomic E-state index is 12.0. The second-order valence-electron chi connectivity index (χ2n) is 5.89. The molecule has 1 saturated carbocycles. The number of carbonyl (C=O) groups excluding carboxylic acids is 1. The highest BCUT2D eigenvalue weighted by atomic mass is 16.1. The Kier molecular flexibility index (Phi) is 5.39. The predicted octanol–water partition coefficient (Wildman–Crippen LogP) is 3.35. The Labute approximate surface area is 121 Å². The Morgan fingerprint density at radius 3 is 2.60 bits per heavy atom. The number of aromatic nitrogens is 1. The third kappa shape index (κ3) is 4.51. The fourth-order valence-electron chi connectivity index (χ4n) is 2.64. The van der Waals surface area contributed by atoms with E-state index in [2.05, 4.69) is 15.6 Å². The highest BCUT2D eigenvalue weighted by Crippen LogP contribution is 2.21. The standard InChI is InChI=1S/C16H25N3O/c1-12(2)18-16(20)15-11-14(9-10-17-15)19-13-7-5-3-4-6-8-13/h9-13H,3-8H2,1-2H3,(H,17,19)(H,18,20). The van der Waals surface area contributed by atoms with E-state index >= 15 is 0 Å². The summed E-state index contributed by atoms with van der Waals surface area (Å²) in [5.41, 5.74) is 1.48. The van der Waals surface area contributed by atoms with Crippen LogP contribution in [0.1, 0.15) is 62.9 Å². The summed E-state index contributed by atoms with van der Waals surface area (Å²) in [7, 11) is 0. The van der Waals surface area contributed by atoms with Crippen molar-refractivity contribution in [3.8, 4) is 0 Å². The summed E-state index contributed by atoms with van der Waals surface area (Å²) in [4.78, 5) is 16.1. The minimum absolute atomic E-state index is 0.107. The largest absolute Gasteiger partial charge is 0.382 e. The number of pyridine rings is 1. The highest BCUT2D eigenvalue weighted by molar-refractivity contribution is 5.93. The van der Waals surface area contributed by atoms with Gasteiger partial charge < -0.3 is 10.6 Å². The van der Waals surface area contributed by atoms with E-state index in [1.165, 1.54) is 38.5 Å². The molecule has 4 nitrogen and oxygen atoms in total. The molecule has 1 aliphatic carbocycles. The third-order valence-corrected chi connectivity index (χ3v) is 3.64. The minimum atomic E-state index is -0.107. The Bertz CT molecular complexity index is 437. The van der Waals surface area contributed by atoms with E-state index in [1.807, 2.05) is 26.0 Å². The summed E-state index contributed by atoms with van der Waals surface area (Å²) >= 11 is 0. The summed E-state index contributed by atoms with van der Waals surface area (Å²) in [6, 6.07) is 4.45. The summed E-state index contributed by atoms with van der Waals surface area (Å²) in [5.74, 6) is -0.107. The van der Waals surface area contributed by atoms with Crippen molar-refractivity contribution >= 4 is 11.6 Å². The van der Waals surface area contributed by atoms with Gasteiger partial charge in [0.15, 0.2) is 0 Å². The summed E-state index contributed by atoms with van der Waals surface area (Å²) in [5, 5.41) is 6.42. The average molecular weight is 275 g/mol. The van der Waals surface area contributed by atoms with Crippen molar-refractivity contribution in [2.45, 2.75) is 64.5 Å². The van der Waals surface area contributed by atoms with Crippen LogP contribution in [-0.4, -0.2) is 23.0 Å². The molecule has 0 saturated heterocycles. The lowest BCUT2D eigenvalue weighted by atomic mass is 10.1. The topological polar surface area (TPSA) is 54.0 Å². The van der Waals surface area contributed by atoms with Crippen LogP contribution in [0, 0.1) is 0 Å². The lowest BCUT2D eigenvalue weighted by Crippen LogP contribution is -2.30. The summed E-state index contributed by atoms with van der Waals surface area (Å²) in [6.07, 6.45) is 9.42. The fourth-order valence-corrected chi connectivity index (χ4v) is 2.64. The Hall–Kier alpha value is -1.58. The molecule has 2 N–H and O–H groups in total. The number of nitrogens with zero attached hydrogens (tertiary/aromatic N) is 1. The maximum absolute atomic E-state index is 12.0. The number of carbonyl (C=O) groups is 1. The SMILES string of the molecule is CC(C)NC(=O)c1cc(NC2CCCCCC2)ccn1. The van der Waals surface area contributed by atoms with E-state index in [4.69, 9.17) is 0 Å². The first-order valence-electron chi connectivity index (χ1n) is 7.68. The van der Waals surface area contributed by atoms with Gasteiger partial charge in [0.05, 0.1) is 0 Å². The third-order valence-electron chi connectivity index (χ3n) is 3.64. The molecule has 0 atom stereocenters. The van der Waals surface area contributed by atoms with Crippen molar-refractivity contribution in [3.63, 3.8) is 0 Å². The first kappa shape index (κ1) is 14.8. The van der Waals surface area contributed by atoms with Crippen LogP contribution in [0.5, 0.6) is 0 Å². The first-order valence-corrected chi connectivity index (χ1v) is 7.68. The molecule has 0 unspecified atom stereocenters. The van der Waals surface area contributed by atoms with Crippen molar-refractivity contribution in [1.29, 1.82) is 0 Å². The van der Waals surface area contributed by atoms with Crippen LogP contribution in [0.15, 0.2) is 18.3 Å². The fraction of sp³-hybridized carbons (Fsp3) is 0.625. The number of nitrogens with one attached hydrogen (secondary N) is 2. The molecule has 0 bridgehead atoms. The molecule has 4 heteroatoms. The van der Waals surface area contributed by atoms with Gasteiger partial charge in [-0.2, -0.15) is 0 Å². The zero-order valence-corrected chi connectivity index (χ0v) is 12.5. The minimum Gasteiger partial charge on any atom is -0.382 e. The average Bonchev–Trinajstić information content (AvgIpc) is 2.67. The van der Waals surface area contributed by atoms with Gasteiger partial charge >= 0.3 is 0 Å². The van der Waals surface area contributed by atoms with Gasteiger partial charge in [0.2, 0.25) is 0 Å². The zero-order chi connectivity index (χ0) is 14.4. The monoisotopic (exact) mass is 275 g/mol. The molecule has 0 radical (unpaired) electrons. The number of hydrogen-bond acceptors (Lipinski definition) is 3. The van der Waals surface area contributed by atoms with Crippen LogP contribution >= 0.6 is 0 Å². The van der Waals surface area contributed by atoms with Gasteiger partial charge in [-0.3, -0.25) is 9.78 Å². The molecule has 1 fully saturated rings. The molecule has 0 spiro atoms. The van der Waals surface area contributed by atoms with Crippen molar-refractivity contribution in [1.82, 2.24) is 10.3 Å². The van der Waals surface area contributed by atoms with E-state index in [-0.39, 0.29) is 11.9 Å². The Balaban J connectivity index is 1.99. The van der Waals surface area contributed by atoms with Crippen LogP contribution in [0.3, 0.4) is 0 Å².